The van der Waals surface area contributed by atoms with E-state index in [-0.39, 0.29) is 0 Å². The van der Waals surface area contributed by atoms with Crippen molar-refractivity contribution in [2.75, 3.05) is 10.3 Å². The van der Waals surface area contributed by atoms with Crippen molar-refractivity contribution >= 4 is 44.9 Å². The highest BCUT2D eigenvalue weighted by Crippen LogP contribution is 2.26. The van der Waals surface area contributed by atoms with Gasteiger partial charge >= 0.3 is 0 Å². The van der Waals surface area contributed by atoms with Crippen LogP contribution in [0.1, 0.15) is 10.4 Å². The quantitative estimate of drug-likeness (QED) is 0.287. The van der Waals surface area contributed by atoms with Crippen LogP contribution in [0.5, 0.6) is 0 Å². The fourth-order valence-corrected chi connectivity index (χ4v) is 3.88. The molecule has 160 valence electrons. The molecule has 0 saturated heterocycles. The topological polar surface area (TPSA) is 67.2 Å². The molecule has 0 saturated carbocycles. The highest BCUT2D eigenvalue weighted by atomic mass is 16.2. The molecule has 33 heavy (non-hydrogen) atoms. The summed E-state index contributed by atoms with van der Waals surface area (Å²) >= 11 is 0. The minimum absolute atomic E-state index is 0.313. The maximum absolute atomic E-state index is 13.2. The zero-order chi connectivity index (χ0) is 22.8. The number of aromatic nitrogens is 2. The number of benzene rings is 3. The standard InChI is InChI=1S/C27H20N4O2/c1-2-30(21-10-4-3-5-11-21)31-18-23(22-12-6-7-13-25(22)31)26(32)27(33)29-20-14-15-24-19(17-20)9-8-16-28-24/h2-18H,1H2,(H,29,33). The summed E-state index contributed by atoms with van der Waals surface area (Å²) in [6.45, 7) is 3.93. The van der Waals surface area contributed by atoms with E-state index in [1.807, 2.05) is 82.5 Å². The number of carbonyl (C=O) groups is 2. The second-order valence-corrected chi connectivity index (χ2v) is 7.46. The van der Waals surface area contributed by atoms with Crippen LogP contribution < -0.4 is 10.3 Å². The zero-order valence-corrected chi connectivity index (χ0v) is 17.7. The fourth-order valence-electron chi connectivity index (χ4n) is 3.88. The number of ketones is 1. The van der Waals surface area contributed by atoms with Crippen molar-refractivity contribution in [3.05, 3.63) is 116 Å². The molecule has 2 heterocycles. The second kappa shape index (κ2) is 8.43. The molecule has 0 radical (unpaired) electrons. The Labute approximate surface area is 190 Å². The normalized spacial score (nSPS) is 10.8. The van der Waals surface area contributed by atoms with E-state index in [0.29, 0.717) is 16.6 Å². The van der Waals surface area contributed by atoms with Crippen molar-refractivity contribution in [2.45, 2.75) is 0 Å². The molecule has 5 rings (SSSR count). The van der Waals surface area contributed by atoms with Gasteiger partial charge in [-0.2, -0.15) is 0 Å². The van der Waals surface area contributed by atoms with E-state index in [1.54, 1.807) is 30.7 Å². The van der Waals surface area contributed by atoms with Crippen LogP contribution in [0.4, 0.5) is 11.4 Å². The van der Waals surface area contributed by atoms with Gasteiger partial charge in [0.2, 0.25) is 0 Å². The van der Waals surface area contributed by atoms with Crippen molar-refractivity contribution in [1.29, 1.82) is 0 Å². The molecular formula is C27H20N4O2. The number of rotatable bonds is 6. The summed E-state index contributed by atoms with van der Waals surface area (Å²) in [6.07, 6.45) is 5.05. The van der Waals surface area contributed by atoms with E-state index < -0.39 is 11.7 Å². The van der Waals surface area contributed by atoms with Crippen LogP contribution in [-0.2, 0) is 4.79 Å². The molecule has 0 aliphatic carbocycles. The lowest BCUT2D eigenvalue weighted by atomic mass is 10.1. The van der Waals surface area contributed by atoms with Crippen LogP contribution in [0.15, 0.2) is 110 Å². The number of para-hydroxylation sites is 2. The van der Waals surface area contributed by atoms with Crippen molar-refractivity contribution in [3.8, 4) is 0 Å². The Morgan fingerprint density at radius 1 is 0.939 bits per heavy atom. The maximum atomic E-state index is 13.2. The van der Waals surface area contributed by atoms with E-state index in [0.717, 1.165) is 22.1 Å². The Kier molecular flexibility index (Phi) is 5.16. The second-order valence-electron chi connectivity index (χ2n) is 7.46. The van der Waals surface area contributed by atoms with Gasteiger partial charge < -0.3 is 5.32 Å². The number of hydrogen-bond acceptors (Lipinski definition) is 4. The van der Waals surface area contributed by atoms with Crippen molar-refractivity contribution in [2.24, 2.45) is 0 Å². The van der Waals surface area contributed by atoms with Gasteiger partial charge in [-0.1, -0.05) is 49.0 Å². The highest BCUT2D eigenvalue weighted by molar-refractivity contribution is 6.48. The molecule has 6 nitrogen and oxygen atoms in total. The van der Waals surface area contributed by atoms with E-state index in [4.69, 9.17) is 0 Å². The summed E-state index contributed by atoms with van der Waals surface area (Å²) in [6, 6.07) is 26.2. The fraction of sp³-hybridized carbons (Fsp3) is 0. The molecule has 5 aromatic rings. The Hall–Kier alpha value is -4.71. The average molecular weight is 432 g/mol. The number of anilines is 2. The molecule has 1 amide bonds. The molecule has 0 aliphatic rings. The van der Waals surface area contributed by atoms with E-state index in [9.17, 15) is 9.59 Å². The van der Waals surface area contributed by atoms with Gasteiger partial charge in [0.05, 0.1) is 22.3 Å². The van der Waals surface area contributed by atoms with E-state index >= 15 is 0 Å². The van der Waals surface area contributed by atoms with Gasteiger partial charge in [0, 0.05) is 35.1 Å². The molecule has 0 unspecified atom stereocenters. The first kappa shape index (κ1) is 20.2. The Balaban J connectivity index is 1.50. The average Bonchev–Trinajstić information content (AvgIpc) is 3.24. The molecule has 1 N–H and O–H groups in total. The Morgan fingerprint density at radius 2 is 1.73 bits per heavy atom. The number of pyridine rings is 1. The molecule has 0 spiro atoms. The summed E-state index contributed by atoms with van der Waals surface area (Å²) in [5.41, 5.74) is 3.33. The minimum atomic E-state index is -0.703. The van der Waals surface area contributed by atoms with Crippen LogP contribution in [0.25, 0.3) is 21.8 Å². The predicted molar refractivity (Wildman–Crippen MR) is 131 cm³/mol. The Bertz CT molecular complexity index is 1500. The first-order chi connectivity index (χ1) is 16.2. The Morgan fingerprint density at radius 3 is 2.55 bits per heavy atom. The predicted octanol–water partition coefficient (Wildman–Crippen LogP) is 5.42. The molecule has 2 aromatic heterocycles. The number of nitrogens with one attached hydrogen (secondary N) is 1. The van der Waals surface area contributed by atoms with E-state index in [1.165, 1.54) is 0 Å². The summed E-state index contributed by atoms with van der Waals surface area (Å²) in [7, 11) is 0. The highest BCUT2D eigenvalue weighted by Gasteiger charge is 2.23. The van der Waals surface area contributed by atoms with Crippen LogP contribution in [0.2, 0.25) is 0 Å². The van der Waals surface area contributed by atoms with Gasteiger partial charge in [-0.3, -0.25) is 24.3 Å². The van der Waals surface area contributed by atoms with Crippen LogP contribution in [0.3, 0.4) is 0 Å². The molecule has 6 heteroatoms. The smallest absolute Gasteiger partial charge is 0.296 e. The van der Waals surface area contributed by atoms with Gasteiger partial charge in [-0.15, -0.1) is 0 Å². The van der Waals surface area contributed by atoms with Crippen molar-refractivity contribution in [3.63, 3.8) is 0 Å². The number of fused-ring (bicyclic) bond motifs is 2. The largest absolute Gasteiger partial charge is 0.319 e. The lowest BCUT2D eigenvalue weighted by molar-refractivity contribution is -0.112. The number of amides is 1. The maximum Gasteiger partial charge on any atom is 0.296 e. The minimum Gasteiger partial charge on any atom is -0.319 e. The van der Waals surface area contributed by atoms with Gasteiger partial charge in [0.25, 0.3) is 11.7 Å². The van der Waals surface area contributed by atoms with Crippen molar-refractivity contribution < 1.29 is 9.59 Å². The third-order valence-electron chi connectivity index (χ3n) is 5.43. The zero-order valence-electron chi connectivity index (χ0n) is 17.7. The third-order valence-corrected chi connectivity index (χ3v) is 5.43. The van der Waals surface area contributed by atoms with Gasteiger partial charge in [-0.25, -0.2) is 0 Å². The van der Waals surface area contributed by atoms with Crippen LogP contribution >= 0.6 is 0 Å². The molecule has 0 bridgehead atoms. The lowest BCUT2D eigenvalue weighted by Gasteiger charge is -2.22. The molecular weight excluding hydrogens is 412 g/mol. The summed E-state index contributed by atoms with van der Waals surface area (Å²) < 4.78 is 1.82. The summed E-state index contributed by atoms with van der Waals surface area (Å²) in [4.78, 5) is 30.4. The number of nitrogens with zero attached hydrogens (tertiary/aromatic N) is 3. The van der Waals surface area contributed by atoms with E-state index in [2.05, 4.69) is 16.9 Å². The summed E-state index contributed by atoms with van der Waals surface area (Å²) in [5, 5.41) is 6.11. The number of hydrogen-bond donors (Lipinski definition) is 1. The molecule has 0 atom stereocenters. The molecule has 3 aromatic carbocycles. The number of Topliss-reactive ketones (excluding diaryl/α,β-unsaturated/α-hetero) is 1. The van der Waals surface area contributed by atoms with Gasteiger partial charge in [0.1, 0.15) is 0 Å². The number of carbonyl (C=O) groups excluding carboxylic acids is 2. The van der Waals surface area contributed by atoms with Gasteiger partial charge in [-0.05, 0) is 42.5 Å². The van der Waals surface area contributed by atoms with Crippen LogP contribution in [0, 0.1) is 0 Å². The van der Waals surface area contributed by atoms with Crippen molar-refractivity contribution in [1.82, 2.24) is 9.66 Å². The first-order valence-electron chi connectivity index (χ1n) is 10.4. The molecule has 0 fully saturated rings. The summed E-state index contributed by atoms with van der Waals surface area (Å²) in [5.74, 6) is -1.32. The SMILES string of the molecule is C=CN(c1ccccc1)n1cc(C(=O)C(=O)Nc2ccc3ncccc3c2)c2ccccc21. The third kappa shape index (κ3) is 3.74. The van der Waals surface area contributed by atoms with Crippen LogP contribution in [-0.4, -0.2) is 21.4 Å². The lowest BCUT2D eigenvalue weighted by Crippen LogP contribution is -2.24. The van der Waals surface area contributed by atoms with Gasteiger partial charge in [0.15, 0.2) is 0 Å². The monoisotopic (exact) mass is 432 g/mol. The molecule has 0 aliphatic heterocycles. The first-order valence-corrected chi connectivity index (χ1v) is 10.4.